The van der Waals surface area contributed by atoms with Gasteiger partial charge in [-0.05, 0) is 34.8 Å². The number of hydrogen-bond donors (Lipinski definition) is 0. The van der Waals surface area contributed by atoms with Crippen molar-refractivity contribution in [2.75, 3.05) is 13.1 Å². The summed E-state index contributed by atoms with van der Waals surface area (Å²) in [5.41, 5.74) is 0.814. The maximum atomic E-state index is 12.3. The molecule has 0 unspecified atom stereocenters. The Bertz CT molecular complexity index is 343. The molecule has 0 radical (unpaired) electrons. The second-order valence-corrected chi connectivity index (χ2v) is 6.43. The van der Waals surface area contributed by atoms with Gasteiger partial charge < -0.3 is 4.90 Å². The van der Waals surface area contributed by atoms with Crippen molar-refractivity contribution in [3.05, 3.63) is 20.8 Å². The highest BCUT2D eigenvalue weighted by atomic mass is 79.9. The second-order valence-electron chi connectivity index (χ2n) is 4.14. The summed E-state index contributed by atoms with van der Waals surface area (Å²) < 4.78 is 1.02. The third kappa shape index (κ3) is 4.80. The van der Waals surface area contributed by atoms with E-state index in [4.69, 9.17) is 0 Å². The van der Waals surface area contributed by atoms with Crippen LogP contribution in [0.4, 0.5) is 0 Å². The number of amides is 1. The molecule has 0 spiro atoms. The Morgan fingerprint density at radius 3 is 2.29 bits per heavy atom. The minimum Gasteiger partial charge on any atom is -0.339 e. The molecular formula is C13H20BrNOS. The van der Waals surface area contributed by atoms with Crippen molar-refractivity contribution in [1.29, 1.82) is 0 Å². The molecule has 0 aliphatic heterocycles. The highest BCUT2D eigenvalue weighted by Gasteiger charge is 2.15. The van der Waals surface area contributed by atoms with Crippen LogP contribution in [0.1, 0.15) is 49.9 Å². The number of nitrogens with zero attached hydrogens (tertiary/aromatic N) is 1. The maximum Gasteiger partial charge on any atom is 0.254 e. The normalized spacial score (nSPS) is 10.5. The van der Waals surface area contributed by atoms with Crippen molar-refractivity contribution in [3.8, 4) is 0 Å². The van der Waals surface area contributed by atoms with Gasteiger partial charge >= 0.3 is 0 Å². The van der Waals surface area contributed by atoms with E-state index in [2.05, 4.69) is 29.8 Å². The molecule has 0 aromatic carbocycles. The topological polar surface area (TPSA) is 20.3 Å². The molecule has 0 N–H and O–H groups in total. The summed E-state index contributed by atoms with van der Waals surface area (Å²) in [6, 6.07) is 1.91. The molecule has 0 aliphatic carbocycles. The number of carbonyl (C=O) groups is 1. The Morgan fingerprint density at radius 1 is 1.29 bits per heavy atom. The smallest absolute Gasteiger partial charge is 0.254 e. The molecule has 0 bridgehead atoms. The number of halogens is 1. The van der Waals surface area contributed by atoms with E-state index in [1.807, 2.05) is 16.3 Å². The summed E-state index contributed by atoms with van der Waals surface area (Å²) in [5.74, 6) is 0.175. The first-order valence-corrected chi connectivity index (χ1v) is 7.89. The third-order valence-corrected chi connectivity index (χ3v) is 4.17. The van der Waals surface area contributed by atoms with Crippen LogP contribution < -0.4 is 0 Å². The van der Waals surface area contributed by atoms with Crippen molar-refractivity contribution in [2.24, 2.45) is 0 Å². The molecule has 0 aliphatic rings. The van der Waals surface area contributed by atoms with Gasteiger partial charge in [0.1, 0.15) is 0 Å². The van der Waals surface area contributed by atoms with Crippen molar-refractivity contribution in [1.82, 2.24) is 4.90 Å². The van der Waals surface area contributed by atoms with Crippen LogP contribution in [0, 0.1) is 0 Å². The van der Waals surface area contributed by atoms with Gasteiger partial charge in [-0.2, -0.15) is 0 Å². The first-order chi connectivity index (χ1) is 8.19. The van der Waals surface area contributed by atoms with Crippen LogP contribution in [-0.4, -0.2) is 23.9 Å². The molecule has 2 nitrogen and oxygen atoms in total. The summed E-state index contributed by atoms with van der Waals surface area (Å²) in [6.45, 7) is 6.07. The lowest BCUT2D eigenvalue weighted by atomic mass is 10.2. The molecule has 1 aromatic heterocycles. The molecule has 1 amide bonds. The highest BCUT2D eigenvalue weighted by Crippen LogP contribution is 2.22. The number of thiophene rings is 1. The van der Waals surface area contributed by atoms with E-state index in [1.165, 1.54) is 0 Å². The first-order valence-electron chi connectivity index (χ1n) is 6.22. The van der Waals surface area contributed by atoms with Crippen molar-refractivity contribution in [2.45, 2.75) is 39.5 Å². The zero-order valence-corrected chi connectivity index (χ0v) is 12.9. The van der Waals surface area contributed by atoms with Crippen molar-refractivity contribution in [3.63, 3.8) is 0 Å². The van der Waals surface area contributed by atoms with E-state index in [1.54, 1.807) is 11.3 Å². The Kier molecular flexibility index (Phi) is 6.82. The van der Waals surface area contributed by atoms with Gasteiger partial charge in [0.05, 0.1) is 9.35 Å². The van der Waals surface area contributed by atoms with Crippen molar-refractivity contribution >= 4 is 33.2 Å². The molecule has 1 rings (SSSR count). The van der Waals surface area contributed by atoms with E-state index >= 15 is 0 Å². The lowest BCUT2D eigenvalue weighted by Gasteiger charge is -2.21. The monoisotopic (exact) mass is 317 g/mol. The second kappa shape index (κ2) is 7.88. The summed E-state index contributed by atoms with van der Waals surface area (Å²) >= 11 is 4.97. The Balaban J connectivity index is 2.64. The average Bonchev–Trinajstić information content (AvgIpc) is 2.75. The molecule has 17 heavy (non-hydrogen) atoms. The Labute approximate surface area is 116 Å². The molecule has 4 heteroatoms. The van der Waals surface area contributed by atoms with Crippen LogP contribution >= 0.6 is 27.3 Å². The summed E-state index contributed by atoms with van der Waals surface area (Å²) in [7, 11) is 0. The van der Waals surface area contributed by atoms with Gasteiger partial charge in [0.25, 0.3) is 5.91 Å². The molecule has 1 aromatic rings. The zero-order valence-electron chi connectivity index (χ0n) is 10.5. The Morgan fingerprint density at radius 2 is 1.88 bits per heavy atom. The predicted octanol–water partition coefficient (Wildman–Crippen LogP) is 4.55. The zero-order chi connectivity index (χ0) is 12.7. The number of hydrogen-bond acceptors (Lipinski definition) is 2. The fourth-order valence-electron chi connectivity index (χ4n) is 1.62. The molecule has 1 heterocycles. The summed E-state index contributed by atoms with van der Waals surface area (Å²) in [5, 5.41) is 1.93. The molecule has 0 saturated carbocycles. The van der Waals surface area contributed by atoms with Gasteiger partial charge in [-0.25, -0.2) is 0 Å². The van der Waals surface area contributed by atoms with E-state index in [9.17, 15) is 4.79 Å². The van der Waals surface area contributed by atoms with E-state index in [0.29, 0.717) is 0 Å². The molecule has 0 saturated heterocycles. The van der Waals surface area contributed by atoms with Crippen LogP contribution in [0.25, 0.3) is 0 Å². The van der Waals surface area contributed by atoms with E-state index < -0.39 is 0 Å². The quantitative estimate of drug-likeness (QED) is 0.722. The lowest BCUT2D eigenvalue weighted by molar-refractivity contribution is 0.0751. The van der Waals surface area contributed by atoms with Gasteiger partial charge in [-0.15, -0.1) is 11.3 Å². The molecule has 96 valence electrons. The van der Waals surface area contributed by atoms with Crippen LogP contribution in [0.15, 0.2) is 15.2 Å². The lowest BCUT2D eigenvalue weighted by Crippen LogP contribution is -2.32. The third-order valence-electron chi connectivity index (χ3n) is 2.66. The highest BCUT2D eigenvalue weighted by molar-refractivity contribution is 9.11. The van der Waals surface area contributed by atoms with Gasteiger partial charge in [-0.3, -0.25) is 4.79 Å². The Hall–Kier alpha value is -0.350. The minimum atomic E-state index is 0.175. The van der Waals surface area contributed by atoms with Crippen molar-refractivity contribution < 1.29 is 4.79 Å². The van der Waals surface area contributed by atoms with E-state index in [-0.39, 0.29) is 5.91 Å². The summed E-state index contributed by atoms with van der Waals surface area (Å²) in [6.07, 6.45) is 4.42. The van der Waals surface area contributed by atoms with Crippen LogP contribution in [0.5, 0.6) is 0 Å². The van der Waals surface area contributed by atoms with Gasteiger partial charge in [0.2, 0.25) is 0 Å². The van der Waals surface area contributed by atoms with Gasteiger partial charge in [0.15, 0.2) is 0 Å². The molecular weight excluding hydrogens is 298 g/mol. The SMILES string of the molecule is CCCCN(CCCC)C(=O)c1csc(Br)c1. The van der Waals surface area contributed by atoms with E-state index in [0.717, 1.165) is 48.1 Å². The predicted molar refractivity (Wildman–Crippen MR) is 77.7 cm³/mol. The van der Waals surface area contributed by atoms with Crippen LogP contribution in [0.2, 0.25) is 0 Å². The number of unbranched alkanes of at least 4 members (excludes halogenated alkanes) is 2. The first kappa shape index (κ1) is 14.7. The fraction of sp³-hybridized carbons (Fsp3) is 0.615. The fourth-order valence-corrected chi connectivity index (χ4v) is 2.75. The average molecular weight is 318 g/mol. The standard InChI is InChI=1S/C13H20BrNOS/c1-3-5-7-15(8-6-4-2)13(16)11-9-12(14)17-10-11/h9-10H,3-8H2,1-2H3. The molecule has 0 fully saturated rings. The van der Waals surface area contributed by atoms with Crippen LogP contribution in [-0.2, 0) is 0 Å². The number of carbonyl (C=O) groups excluding carboxylic acids is 1. The largest absolute Gasteiger partial charge is 0.339 e. The minimum absolute atomic E-state index is 0.175. The number of rotatable bonds is 7. The molecule has 0 atom stereocenters. The maximum absolute atomic E-state index is 12.3. The van der Waals surface area contributed by atoms with Crippen LogP contribution in [0.3, 0.4) is 0 Å². The summed E-state index contributed by atoms with van der Waals surface area (Å²) in [4.78, 5) is 14.3. The van der Waals surface area contributed by atoms with Gasteiger partial charge in [0, 0.05) is 18.5 Å². The van der Waals surface area contributed by atoms with Gasteiger partial charge in [-0.1, -0.05) is 26.7 Å².